The van der Waals surface area contributed by atoms with Crippen LogP contribution in [0.5, 0.6) is 0 Å². The average Bonchev–Trinajstić information content (AvgIpc) is 2.69. The van der Waals surface area contributed by atoms with Crippen LogP contribution in [0.2, 0.25) is 0 Å². The Balaban J connectivity index is 2.08. The van der Waals surface area contributed by atoms with E-state index in [-0.39, 0.29) is 17.0 Å². The Morgan fingerprint density at radius 1 is 1.17 bits per heavy atom. The molecule has 1 N–H and O–H groups in total. The van der Waals surface area contributed by atoms with E-state index in [1.807, 2.05) is 0 Å². The number of hydrogen-bond donors (Lipinski definition) is 1. The summed E-state index contributed by atoms with van der Waals surface area (Å²) in [6, 6.07) is 11.3. The van der Waals surface area contributed by atoms with Gasteiger partial charge in [-0.15, -0.1) is 0 Å². The summed E-state index contributed by atoms with van der Waals surface area (Å²) in [5, 5.41) is 9.11. The van der Waals surface area contributed by atoms with Crippen molar-refractivity contribution in [2.75, 3.05) is 0 Å². The number of aliphatic carboxylic acids is 1. The average molecular weight is 335 g/mol. The highest BCUT2D eigenvalue weighted by molar-refractivity contribution is 7.89. The number of fused-ring (bicyclic) bond motifs is 1. The van der Waals surface area contributed by atoms with Crippen LogP contribution in [0.4, 0.5) is 4.39 Å². The van der Waals surface area contributed by atoms with Crippen LogP contribution in [0.25, 0.3) is 0 Å². The standard InChI is InChI=1S/C16H14FNO4S/c17-12-6-7-15-13(8-12)14(9-16(19)20)18(23(15,21)22)10-11-4-2-1-3-5-11/h1-8,14H,9-10H2,(H,19,20)/t14-/m0/s1. The summed E-state index contributed by atoms with van der Waals surface area (Å²) < 4.78 is 40.0. The van der Waals surface area contributed by atoms with Gasteiger partial charge in [-0.25, -0.2) is 12.8 Å². The van der Waals surface area contributed by atoms with Gasteiger partial charge in [0.1, 0.15) is 5.82 Å². The maximum atomic E-state index is 13.5. The highest BCUT2D eigenvalue weighted by Gasteiger charge is 2.43. The van der Waals surface area contributed by atoms with Gasteiger partial charge in [0, 0.05) is 6.54 Å². The SMILES string of the molecule is O=C(O)C[C@H]1c2cc(F)ccc2S(=O)(=O)N1Cc1ccccc1. The Morgan fingerprint density at radius 2 is 1.87 bits per heavy atom. The summed E-state index contributed by atoms with van der Waals surface area (Å²) >= 11 is 0. The third-order valence-electron chi connectivity index (χ3n) is 3.81. The first-order chi connectivity index (χ1) is 10.9. The fourth-order valence-electron chi connectivity index (χ4n) is 2.80. The van der Waals surface area contributed by atoms with Crippen molar-refractivity contribution in [1.82, 2.24) is 4.31 Å². The molecule has 1 heterocycles. The molecule has 120 valence electrons. The fraction of sp³-hybridized carbons (Fsp3) is 0.188. The lowest BCUT2D eigenvalue weighted by atomic mass is 10.0. The predicted octanol–water partition coefficient (Wildman–Crippen LogP) is 2.55. The van der Waals surface area contributed by atoms with Gasteiger partial charge in [0.15, 0.2) is 0 Å². The molecule has 23 heavy (non-hydrogen) atoms. The van der Waals surface area contributed by atoms with Crippen LogP contribution in [-0.4, -0.2) is 23.8 Å². The molecule has 0 aliphatic carbocycles. The zero-order valence-electron chi connectivity index (χ0n) is 12.0. The van der Waals surface area contributed by atoms with Gasteiger partial charge in [0.05, 0.1) is 17.4 Å². The number of benzene rings is 2. The fourth-order valence-corrected chi connectivity index (χ4v) is 4.63. The molecule has 0 bridgehead atoms. The number of rotatable bonds is 4. The molecule has 1 atom stereocenters. The Kier molecular flexibility index (Phi) is 3.91. The van der Waals surface area contributed by atoms with Crippen molar-refractivity contribution in [2.24, 2.45) is 0 Å². The maximum Gasteiger partial charge on any atom is 0.305 e. The van der Waals surface area contributed by atoms with E-state index in [1.165, 1.54) is 6.07 Å². The van der Waals surface area contributed by atoms with E-state index in [9.17, 15) is 17.6 Å². The molecule has 5 nitrogen and oxygen atoms in total. The van der Waals surface area contributed by atoms with Crippen molar-refractivity contribution in [3.8, 4) is 0 Å². The second kappa shape index (κ2) is 5.75. The number of carbonyl (C=O) groups is 1. The normalized spacial score (nSPS) is 19.4. The van der Waals surface area contributed by atoms with Crippen LogP contribution in [0, 0.1) is 5.82 Å². The molecule has 7 heteroatoms. The molecular formula is C16H14FNO4S. The van der Waals surface area contributed by atoms with Crippen molar-refractivity contribution < 1.29 is 22.7 Å². The van der Waals surface area contributed by atoms with E-state index in [2.05, 4.69) is 0 Å². The molecule has 1 aliphatic rings. The Morgan fingerprint density at radius 3 is 2.52 bits per heavy atom. The molecule has 2 aromatic rings. The van der Waals surface area contributed by atoms with Crippen LogP contribution in [0.3, 0.4) is 0 Å². The van der Waals surface area contributed by atoms with Crippen molar-refractivity contribution in [3.63, 3.8) is 0 Å². The zero-order valence-corrected chi connectivity index (χ0v) is 12.8. The summed E-state index contributed by atoms with van der Waals surface area (Å²) in [5.41, 5.74) is 0.933. The number of sulfonamides is 1. The van der Waals surface area contributed by atoms with Crippen molar-refractivity contribution >= 4 is 16.0 Å². The first-order valence-corrected chi connectivity index (χ1v) is 8.40. The number of nitrogens with zero attached hydrogens (tertiary/aromatic N) is 1. The van der Waals surface area contributed by atoms with Crippen LogP contribution in [-0.2, 0) is 21.4 Å². The van der Waals surface area contributed by atoms with Gasteiger partial charge < -0.3 is 5.11 Å². The van der Waals surface area contributed by atoms with E-state index in [1.54, 1.807) is 30.3 Å². The molecule has 0 fully saturated rings. The molecule has 0 unspecified atom stereocenters. The number of carboxylic acid groups (broad SMARTS) is 1. The predicted molar refractivity (Wildman–Crippen MR) is 80.6 cm³/mol. The van der Waals surface area contributed by atoms with Crippen LogP contribution in [0.1, 0.15) is 23.6 Å². The van der Waals surface area contributed by atoms with E-state index < -0.39 is 34.3 Å². The van der Waals surface area contributed by atoms with E-state index in [4.69, 9.17) is 5.11 Å². The summed E-state index contributed by atoms with van der Waals surface area (Å²) in [6.45, 7) is 0.0391. The second-order valence-corrected chi connectivity index (χ2v) is 7.19. The minimum atomic E-state index is -3.85. The van der Waals surface area contributed by atoms with E-state index in [0.29, 0.717) is 0 Å². The lowest BCUT2D eigenvalue weighted by Gasteiger charge is -2.22. The molecule has 0 amide bonds. The van der Waals surface area contributed by atoms with Crippen LogP contribution >= 0.6 is 0 Å². The van der Waals surface area contributed by atoms with Crippen LogP contribution < -0.4 is 0 Å². The summed E-state index contributed by atoms with van der Waals surface area (Å²) in [7, 11) is -3.85. The molecule has 0 spiro atoms. The van der Waals surface area contributed by atoms with Gasteiger partial charge in [-0.05, 0) is 29.3 Å². The monoisotopic (exact) mass is 335 g/mol. The van der Waals surface area contributed by atoms with E-state index in [0.717, 1.165) is 22.0 Å². The third-order valence-corrected chi connectivity index (χ3v) is 5.74. The van der Waals surface area contributed by atoms with E-state index >= 15 is 0 Å². The minimum Gasteiger partial charge on any atom is -0.481 e. The molecule has 0 radical (unpaired) electrons. The quantitative estimate of drug-likeness (QED) is 0.932. The Hall–Kier alpha value is -2.25. The van der Waals surface area contributed by atoms with Gasteiger partial charge in [-0.3, -0.25) is 4.79 Å². The lowest BCUT2D eigenvalue weighted by Crippen LogP contribution is -2.29. The van der Waals surface area contributed by atoms with Crippen LogP contribution in [0.15, 0.2) is 53.4 Å². The molecular weight excluding hydrogens is 321 g/mol. The maximum absolute atomic E-state index is 13.5. The molecule has 0 saturated carbocycles. The highest BCUT2D eigenvalue weighted by Crippen LogP contribution is 2.42. The molecule has 0 aromatic heterocycles. The smallest absolute Gasteiger partial charge is 0.305 e. The van der Waals surface area contributed by atoms with Crippen molar-refractivity contribution in [2.45, 2.75) is 23.9 Å². The topological polar surface area (TPSA) is 74.7 Å². The van der Waals surface area contributed by atoms with Crippen molar-refractivity contribution in [3.05, 3.63) is 65.5 Å². The first-order valence-electron chi connectivity index (χ1n) is 6.96. The summed E-state index contributed by atoms with van der Waals surface area (Å²) in [5.74, 6) is -1.73. The van der Waals surface area contributed by atoms with Gasteiger partial charge in [0.25, 0.3) is 0 Å². The van der Waals surface area contributed by atoms with Gasteiger partial charge in [-0.1, -0.05) is 30.3 Å². The molecule has 1 aliphatic heterocycles. The Bertz CT molecular complexity index is 852. The minimum absolute atomic E-state index is 0.0268. The van der Waals surface area contributed by atoms with Gasteiger partial charge in [-0.2, -0.15) is 4.31 Å². The third kappa shape index (κ3) is 2.85. The number of carboxylic acids is 1. The van der Waals surface area contributed by atoms with Gasteiger partial charge >= 0.3 is 5.97 Å². The molecule has 3 rings (SSSR count). The number of halogens is 1. The first kappa shape index (κ1) is 15.6. The number of hydrogen-bond acceptors (Lipinski definition) is 3. The molecule has 0 saturated heterocycles. The van der Waals surface area contributed by atoms with Crippen molar-refractivity contribution in [1.29, 1.82) is 0 Å². The second-order valence-electron chi connectivity index (χ2n) is 5.33. The molecule has 2 aromatic carbocycles. The zero-order chi connectivity index (χ0) is 16.6. The summed E-state index contributed by atoms with van der Waals surface area (Å²) in [4.78, 5) is 11.1. The highest BCUT2D eigenvalue weighted by atomic mass is 32.2. The Labute approximate surface area is 133 Å². The largest absolute Gasteiger partial charge is 0.481 e. The lowest BCUT2D eigenvalue weighted by molar-refractivity contribution is -0.138. The summed E-state index contributed by atoms with van der Waals surface area (Å²) in [6.07, 6.45) is -0.414. The van der Waals surface area contributed by atoms with Gasteiger partial charge in [0.2, 0.25) is 10.0 Å².